The van der Waals surface area contributed by atoms with E-state index < -0.39 is 0 Å². The molecule has 1 amide bonds. The summed E-state index contributed by atoms with van der Waals surface area (Å²) in [6, 6.07) is 14.9. The first-order valence-electron chi connectivity index (χ1n) is 8.02. The van der Waals surface area contributed by atoms with E-state index in [0.717, 1.165) is 18.5 Å². The van der Waals surface area contributed by atoms with E-state index in [2.05, 4.69) is 54.0 Å². The van der Waals surface area contributed by atoms with Gasteiger partial charge < -0.3 is 9.47 Å². The van der Waals surface area contributed by atoms with Crippen LogP contribution in [0.3, 0.4) is 0 Å². The average Bonchev–Trinajstić information content (AvgIpc) is 2.87. The number of nitrogens with zero attached hydrogens (tertiary/aromatic N) is 2. The van der Waals surface area contributed by atoms with Crippen molar-refractivity contribution in [2.75, 3.05) is 14.1 Å². The van der Waals surface area contributed by atoms with Crippen LogP contribution in [-0.4, -0.2) is 29.5 Å². The fraction of sp³-hybridized carbons (Fsp3) is 0.250. The molecule has 0 saturated heterocycles. The van der Waals surface area contributed by atoms with Gasteiger partial charge in [0.2, 0.25) is 5.91 Å². The van der Waals surface area contributed by atoms with Crippen LogP contribution >= 0.6 is 0 Å². The van der Waals surface area contributed by atoms with E-state index in [0.29, 0.717) is 0 Å². The molecule has 0 fully saturated rings. The highest BCUT2D eigenvalue weighted by Crippen LogP contribution is 2.30. The number of amides is 1. The Labute approximate surface area is 136 Å². The predicted molar refractivity (Wildman–Crippen MR) is 97.5 cm³/mol. The molecular weight excluding hydrogens is 284 g/mol. The third-order valence-electron chi connectivity index (χ3n) is 4.10. The predicted octanol–water partition coefficient (Wildman–Crippen LogP) is 4.31. The van der Waals surface area contributed by atoms with Crippen LogP contribution < -0.4 is 0 Å². The molecule has 0 N–H and O–H groups in total. The lowest BCUT2D eigenvalue weighted by Crippen LogP contribution is -2.18. The SMILES string of the molecule is CCCn1c2ccccc2c2cc(C=CC(=O)N(C)C)ccc21. The van der Waals surface area contributed by atoms with E-state index in [9.17, 15) is 4.79 Å². The van der Waals surface area contributed by atoms with Crippen LogP contribution in [0.25, 0.3) is 27.9 Å². The highest BCUT2D eigenvalue weighted by atomic mass is 16.2. The third kappa shape index (κ3) is 2.87. The molecule has 0 atom stereocenters. The number of likely N-dealkylation sites (N-methyl/N-ethyl adjacent to an activating group) is 1. The minimum atomic E-state index is -0.00138. The number of rotatable bonds is 4. The second-order valence-electron chi connectivity index (χ2n) is 6.01. The van der Waals surface area contributed by atoms with E-state index in [1.54, 1.807) is 25.1 Å². The third-order valence-corrected chi connectivity index (χ3v) is 4.10. The normalized spacial score (nSPS) is 11.6. The summed E-state index contributed by atoms with van der Waals surface area (Å²) in [5, 5.41) is 2.51. The van der Waals surface area contributed by atoms with Gasteiger partial charge in [-0.3, -0.25) is 4.79 Å². The molecule has 0 aliphatic rings. The minimum Gasteiger partial charge on any atom is -0.345 e. The van der Waals surface area contributed by atoms with E-state index in [1.807, 2.05) is 6.08 Å². The molecule has 0 unspecified atom stereocenters. The van der Waals surface area contributed by atoms with Crippen molar-refractivity contribution in [2.45, 2.75) is 19.9 Å². The summed E-state index contributed by atoms with van der Waals surface area (Å²) in [6.45, 7) is 3.21. The smallest absolute Gasteiger partial charge is 0.246 e. The van der Waals surface area contributed by atoms with Crippen LogP contribution in [0.1, 0.15) is 18.9 Å². The van der Waals surface area contributed by atoms with Gasteiger partial charge in [0.15, 0.2) is 0 Å². The van der Waals surface area contributed by atoms with Crippen molar-refractivity contribution < 1.29 is 4.79 Å². The first kappa shape index (κ1) is 15.3. The number of aromatic nitrogens is 1. The van der Waals surface area contributed by atoms with Gasteiger partial charge in [0, 0.05) is 48.5 Å². The zero-order chi connectivity index (χ0) is 16.4. The van der Waals surface area contributed by atoms with Crippen molar-refractivity contribution in [1.29, 1.82) is 0 Å². The molecule has 0 radical (unpaired) electrons. The molecule has 0 saturated carbocycles. The lowest BCUT2D eigenvalue weighted by Gasteiger charge is -2.06. The molecule has 1 heterocycles. The Hall–Kier alpha value is -2.55. The molecule has 2 aromatic carbocycles. The molecule has 3 rings (SSSR count). The molecule has 0 aliphatic carbocycles. The Balaban J connectivity index is 2.13. The molecule has 3 heteroatoms. The van der Waals surface area contributed by atoms with Gasteiger partial charge in [-0.2, -0.15) is 0 Å². The molecule has 3 aromatic rings. The monoisotopic (exact) mass is 306 g/mol. The quantitative estimate of drug-likeness (QED) is 0.660. The number of fused-ring (bicyclic) bond motifs is 3. The molecule has 3 nitrogen and oxygen atoms in total. The van der Waals surface area contributed by atoms with Crippen molar-refractivity contribution in [3.8, 4) is 0 Å². The van der Waals surface area contributed by atoms with Gasteiger partial charge in [0.05, 0.1) is 0 Å². The summed E-state index contributed by atoms with van der Waals surface area (Å²) in [4.78, 5) is 13.3. The number of hydrogen-bond donors (Lipinski definition) is 0. The molecular formula is C20H22N2O. The molecule has 0 spiro atoms. The van der Waals surface area contributed by atoms with Crippen LogP contribution in [0.15, 0.2) is 48.5 Å². The Morgan fingerprint density at radius 3 is 2.57 bits per heavy atom. The first-order valence-corrected chi connectivity index (χ1v) is 8.02. The van der Waals surface area contributed by atoms with Gasteiger partial charge in [-0.1, -0.05) is 31.2 Å². The second kappa shape index (κ2) is 6.29. The van der Waals surface area contributed by atoms with Gasteiger partial charge >= 0.3 is 0 Å². The Kier molecular flexibility index (Phi) is 4.20. The van der Waals surface area contributed by atoms with Crippen molar-refractivity contribution in [2.24, 2.45) is 0 Å². The summed E-state index contributed by atoms with van der Waals surface area (Å²) >= 11 is 0. The van der Waals surface area contributed by atoms with Crippen LogP contribution in [-0.2, 0) is 11.3 Å². The fourth-order valence-corrected chi connectivity index (χ4v) is 2.96. The van der Waals surface area contributed by atoms with E-state index in [4.69, 9.17) is 0 Å². The summed E-state index contributed by atoms with van der Waals surface area (Å²) in [5.74, 6) is -0.00138. The molecule has 0 aliphatic heterocycles. The van der Waals surface area contributed by atoms with Crippen LogP contribution in [0.5, 0.6) is 0 Å². The van der Waals surface area contributed by atoms with Crippen LogP contribution in [0.2, 0.25) is 0 Å². The topological polar surface area (TPSA) is 25.2 Å². The number of benzene rings is 2. The minimum absolute atomic E-state index is 0.00138. The van der Waals surface area contributed by atoms with E-state index >= 15 is 0 Å². The highest BCUT2D eigenvalue weighted by molar-refractivity contribution is 6.08. The van der Waals surface area contributed by atoms with Crippen molar-refractivity contribution in [1.82, 2.24) is 9.47 Å². The summed E-state index contributed by atoms with van der Waals surface area (Å²) in [5.41, 5.74) is 3.58. The standard InChI is InChI=1S/C20H22N2O/c1-4-13-22-18-8-6-5-7-16(18)17-14-15(9-11-19(17)22)10-12-20(23)21(2)3/h5-12,14H,4,13H2,1-3H3. The second-order valence-corrected chi connectivity index (χ2v) is 6.01. The Morgan fingerprint density at radius 2 is 1.83 bits per heavy atom. The van der Waals surface area contributed by atoms with Crippen LogP contribution in [0.4, 0.5) is 0 Å². The lowest BCUT2D eigenvalue weighted by atomic mass is 10.1. The van der Waals surface area contributed by atoms with Crippen molar-refractivity contribution in [3.05, 3.63) is 54.1 Å². The van der Waals surface area contributed by atoms with Crippen molar-refractivity contribution >= 4 is 33.8 Å². The number of carbonyl (C=O) groups excluding carboxylic acids is 1. The Bertz CT molecular complexity index is 887. The van der Waals surface area contributed by atoms with Gasteiger partial charge in [0.1, 0.15) is 0 Å². The zero-order valence-corrected chi connectivity index (χ0v) is 13.9. The van der Waals surface area contributed by atoms with Gasteiger partial charge in [-0.05, 0) is 36.3 Å². The van der Waals surface area contributed by atoms with Gasteiger partial charge in [-0.25, -0.2) is 0 Å². The maximum Gasteiger partial charge on any atom is 0.246 e. The lowest BCUT2D eigenvalue weighted by molar-refractivity contribution is -0.123. The van der Waals surface area contributed by atoms with E-state index in [1.165, 1.54) is 21.8 Å². The fourth-order valence-electron chi connectivity index (χ4n) is 2.96. The van der Waals surface area contributed by atoms with Gasteiger partial charge in [-0.15, -0.1) is 0 Å². The molecule has 118 valence electrons. The highest BCUT2D eigenvalue weighted by Gasteiger charge is 2.09. The van der Waals surface area contributed by atoms with Gasteiger partial charge in [0.25, 0.3) is 0 Å². The number of para-hydroxylation sites is 1. The number of hydrogen-bond acceptors (Lipinski definition) is 1. The van der Waals surface area contributed by atoms with Crippen molar-refractivity contribution in [3.63, 3.8) is 0 Å². The molecule has 1 aromatic heterocycles. The summed E-state index contributed by atoms with van der Waals surface area (Å²) in [7, 11) is 3.52. The summed E-state index contributed by atoms with van der Waals surface area (Å²) < 4.78 is 2.38. The van der Waals surface area contributed by atoms with Crippen LogP contribution in [0, 0.1) is 0 Å². The first-order chi connectivity index (χ1) is 11.1. The number of aryl methyl sites for hydroxylation is 1. The molecule has 0 bridgehead atoms. The average molecular weight is 306 g/mol. The van der Waals surface area contributed by atoms with E-state index in [-0.39, 0.29) is 5.91 Å². The number of carbonyl (C=O) groups is 1. The largest absolute Gasteiger partial charge is 0.345 e. The maximum atomic E-state index is 11.7. The molecule has 23 heavy (non-hydrogen) atoms. The maximum absolute atomic E-state index is 11.7. The summed E-state index contributed by atoms with van der Waals surface area (Å²) in [6.07, 6.45) is 4.60. The zero-order valence-electron chi connectivity index (χ0n) is 13.9. The Morgan fingerprint density at radius 1 is 1.09 bits per heavy atom.